The number of hydrogen-bond donors (Lipinski definition) is 2. The van der Waals surface area contributed by atoms with E-state index in [2.05, 4.69) is 6.58 Å². The summed E-state index contributed by atoms with van der Waals surface area (Å²) < 4.78 is 40.4. The monoisotopic (exact) mass is 543 g/mol. The molecule has 3 rings (SSSR count). The maximum atomic E-state index is 14.0. The fourth-order valence-corrected chi connectivity index (χ4v) is 5.50. The van der Waals surface area contributed by atoms with Crippen LogP contribution in [0, 0.1) is 5.41 Å². The standard InChI is InChI=1S/C27H30Cl2F3NO3/c1-4-13-25(3)16-22(18-7-6-8-20(29)14-18)23(17-9-11-19(28)12-10-17)33(24(25)34)21(5-2)15-26(35,36)27(30,31)32/h4,6-12,14,21-23,35-36H,1,5,13,15-16H2,2-3H3. The second kappa shape index (κ2) is 10.7. The zero-order valence-corrected chi connectivity index (χ0v) is 21.6. The van der Waals surface area contributed by atoms with Crippen molar-refractivity contribution in [3.05, 3.63) is 82.4 Å². The molecular weight excluding hydrogens is 514 g/mol. The third-order valence-electron chi connectivity index (χ3n) is 7.02. The van der Waals surface area contributed by atoms with Crippen LogP contribution in [0.4, 0.5) is 13.2 Å². The predicted molar refractivity (Wildman–Crippen MR) is 135 cm³/mol. The highest BCUT2D eigenvalue weighted by atomic mass is 35.5. The van der Waals surface area contributed by atoms with Crippen molar-refractivity contribution in [3.8, 4) is 0 Å². The minimum atomic E-state index is -5.29. The largest absolute Gasteiger partial charge is 0.442 e. The van der Waals surface area contributed by atoms with Gasteiger partial charge in [0.25, 0.3) is 5.79 Å². The molecule has 0 aliphatic carbocycles. The van der Waals surface area contributed by atoms with Gasteiger partial charge in [0, 0.05) is 28.4 Å². The van der Waals surface area contributed by atoms with Crippen LogP contribution in [-0.4, -0.2) is 39.0 Å². The number of benzene rings is 2. The predicted octanol–water partition coefficient (Wildman–Crippen LogP) is 7.04. The van der Waals surface area contributed by atoms with Gasteiger partial charge in [0.2, 0.25) is 5.91 Å². The van der Waals surface area contributed by atoms with Gasteiger partial charge in [0.05, 0.1) is 11.5 Å². The molecule has 2 N–H and O–H groups in total. The van der Waals surface area contributed by atoms with Gasteiger partial charge in [0.1, 0.15) is 0 Å². The first-order chi connectivity index (χ1) is 16.7. The summed E-state index contributed by atoms with van der Waals surface area (Å²) in [6.45, 7) is 7.17. The van der Waals surface area contributed by atoms with Gasteiger partial charge in [-0.25, -0.2) is 0 Å². The summed E-state index contributed by atoms with van der Waals surface area (Å²) in [5.74, 6) is -4.68. The molecule has 1 saturated heterocycles. The molecule has 2 aromatic carbocycles. The molecule has 2 aromatic rings. The van der Waals surface area contributed by atoms with Crippen molar-refractivity contribution in [1.29, 1.82) is 0 Å². The number of alkyl halides is 3. The molecule has 0 bridgehead atoms. The van der Waals surface area contributed by atoms with Crippen molar-refractivity contribution in [1.82, 2.24) is 4.90 Å². The van der Waals surface area contributed by atoms with Crippen LogP contribution in [0.3, 0.4) is 0 Å². The molecule has 36 heavy (non-hydrogen) atoms. The van der Waals surface area contributed by atoms with Crippen molar-refractivity contribution in [2.45, 2.75) is 69.5 Å². The quantitative estimate of drug-likeness (QED) is 0.277. The van der Waals surface area contributed by atoms with E-state index < -0.39 is 35.9 Å². The van der Waals surface area contributed by atoms with E-state index in [0.29, 0.717) is 28.5 Å². The number of aliphatic hydroxyl groups is 2. The summed E-state index contributed by atoms with van der Waals surface area (Å²) in [5.41, 5.74) is 0.516. The van der Waals surface area contributed by atoms with Crippen LogP contribution in [0.5, 0.6) is 0 Å². The Hall–Kier alpha value is -2.06. The molecule has 1 aliphatic rings. The molecule has 1 fully saturated rings. The molecular formula is C27H30Cl2F3NO3. The Kier molecular flexibility index (Phi) is 8.50. The lowest BCUT2D eigenvalue weighted by atomic mass is 9.67. The smallest absolute Gasteiger partial charge is 0.359 e. The highest BCUT2D eigenvalue weighted by Crippen LogP contribution is 2.53. The molecule has 196 valence electrons. The van der Waals surface area contributed by atoms with Crippen molar-refractivity contribution in [2.75, 3.05) is 0 Å². The number of allylic oxidation sites excluding steroid dienone is 1. The van der Waals surface area contributed by atoms with Crippen molar-refractivity contribution in [3.63, 3.8) is 0 Å². The van der Waals surface area contributed by atoms with E-state index >= 15 is 0 Å². The summed E-state index contributed by atoms with van der Waals surface area (Å²) in [4.78, 5) is 15.5. The SMILES string of the molecule is C=CCC1(C)CC(c2cccc(Cl)c2)C(c2ccc(Cl)cc2)N(C(CC)CC(O)(O)C(F)(F)F)C1=O. The molecule has 1 amide bonds. The maximum absolute atomic E-state index is 14.0. The first-order valence-electron chi connectivity index (χ1n) is 11.7. The van der Waals surface area contributed by atoms with Gasteiger partial charge < -0.3 is 15.1 Å². The molecule has 1 heterocycles. The average molecular weight is 544 g/mol. The van der Waals surface area contributed by atoms with Crippen LogP contribution < -0.4 is 0 Å². The zero-order chi connectivity index (χ0) is 26.9. The Balaban J connectivity index is 2.24. The normalized spacial score (nSPS) is 24.0. The molecule has 4 nitrogen and oxygen atoms in total. The van der Waals surface area contributed by atoms with E-state index in [1.54, 1.807) is 62.4 Å². The van der Waals surface area contributed by atoms with Gasteiger partial charge in [-0.15, -0.1) is 6.58 Å². The minimum Gasteiger partial charge on any atom is -0.359 e. The van der Waals surface area contributed by atoms with Crippen LogP contribution in [0.25, 0.3) is 0 Å². The number of hydrogen-bond acceptors (Lipinski definition) is 3. The first-order valence-corrected chi connectivity index (χ1v) is 12.5. The second-order valence-corrected chi connectivity index (χ2v) is 10.6. The first kappa shape index (κ1) is 28.5. The Bertz CT molecular complexity index is 1090. The molecule has 0 radical (unpaired) electrons. The fraction of sp³-hybridized carbons (Fsp3) is 0.444. The van der Waals surface area contributed by atoms with Crippen LogP contribution in [0.15, 0.2) is 61.2 Å². The number of rotatable bonds is 8. The van der Waals surface area contributed by atoms with E-state index in [9.17, 15) is 28.2 Å². The summed E-state index contributed by atoms with van der Waals surface area (Å²) >= 11 is 12.4. The number of carbonyl (C=O) groups is 1. The lowest BCUT2D eigenvalue weighted by molar-refractivity contribution is -0.354. The second-order valence-electron chi connectivity index (χ2n) is 9.71. The van der Waals surface area contributed by atoms with E-state index in [0.717, 1.165) is 5.56 Å². The topological polar surface area (TPSA) is 60.8 Å². The summed E-state index contributed by atoms with van der Waals surface area (Å²) in [6, 6.07) is 12.1. The van der Waals surface area contributed by atoms with Crippen LogP contribution in [0.2, 0.25) is 10.0 Å². The van der Waals surface area contributed by atoms with Crippen LogP contribution >= 0.6 is 23.2 Å². The molecule has 4 atom stereocenters. The average Bonchev–Trinajstić information content (AvgIpc) is 2.79. The molecule has 9 heteroatoms. The van der Waals surface area contributed by atoms with Crippen LogP contribution in [0.1, 0.15) is 62.6 Å². The fourth-order valence-electron chi connectivity index (χ4n) is 5.17. The third kappa shape index (κ3) is 5.75. The number of amides is 1. The molecule has 0 spiro atoms. The minimum absolute atomic E-state index is 0.0706. The van der Waals surface area contributed by atoms with Gasteiger partial charge in [-0.2, -0.15) is 13.2 Å². The highest BCUT2D eigenvalue weighted by Gasteiger charge is 2.57. The maximum Gasteiger partial charge on any atom is 0.442 e. The van der Waals surface area contributed by atoms with Crippen molar-refractivity contribution >= 4 is 29.1 Å². The third-order valence-corrected chi connectivity index (χ3v) is 7.51. The number of halogens is 5. The van der Waals surface area contributed by atoms with Gasteiger partial charge in [-0.05, 0) is 54.7 Å². The van der Waals surface area contributed by atoms with Gasteiger partial charge in [-0.1, -0.05) is 67.4 Å². The summed E-state index contributed by atoms with van der Waals surface area (Å²) in [6.07, 6.45) is -4.00. The Morgan fingerprint density at radius 1 is 1.14 bits per heavy atom. The van der Waals surface area contributed by atoms with Crippen LogP contribution in [-0.2, 0) is 4.79 Å². The van der Waals surface area contributed by atoms with Crippen molar-refractivity contribution in [2.24, 2.45) is 5.41 Å². The van der Waals surface area contributed by atoms with Gasteiger partial charge >= 0.3 is 6.18 Å². The number of nitrogens with zero attached hydrogens (tertiary/aromatic N) is 1. The van der Waals surface area contributed by atoms with E-state index in [1.807, 2.05) is 6.07 Å². The number of likely N-dealkylation sites (tertiary alicyclic amines) is 1. The molecule has 0 aromatic heterocycles. The highest BCUT2D eigenvalue weighted by molar-refractivity contribution is 6.30. The molecule has 4 unspecified atom stereocenters. The summed E-state index contributed by atoms with van der Waals surface area (Å²) in [5, 5.41) is 20.9. The lowest BCUT2D eigenvalue weighted by Crippen LogP contribution is -2.58. The van der Waals surface area contributed by atoms with E-state index in [1.165, 1.54) is 4.90 Å². The van der Waals surface area contributed by atoms with E-state index in [4.69, 9.17) is 23.2 Å². The Morgan fingerprint density at radius 3 is 2.31 bits per heavy atom. The zero-order valence-electron chi connectivity index (χ0n) is 20.1. The lowest BCUT2D eigenvalue weighted by Gasteiger charge is -2.52. The number of piperidine rings is 1. The van der Waals surface area contributed by atoms with Gasteiger partial charge in [0.15, 0.2) is 0 Å². The summed E-state index contributed by atoms with van der Waals surface area (Å²) in [7, 11) is 0. The van der Waals surface area contributed by atoms with Gasteiger partial charge in [-0.3, -0.25) is 4.79 Å². The molecule has 1 aliphatic heterocycles. The Labute approximate surface area is 219 Å². The number of carbonyl (C=O) groups excluding carboxylic acids is 1. The molecule has 0 saturated carbocycles. The van der Waals surface area contributed by atoms with E-state index in [-0.39, 0.29) is 18.2 Å². The Morgan fingerprint density at radius 2 is 1.78 bits per heavy atom. The van der Waals surface area contributed by atoms with Crippen molar-refractivity contribution < 1.29 is 28.2 Å².